The minimum Gasteiger partial charge on any atom is -0.539 e. The van der Waals surface area contributed by atoms with Gasteiger partial charge in [-0.25, -0.2) is 4.79 Å². The molecular weight excluding hydrogens is 374 g/mol. The van der Waals surface area contributed by atoms with E-state index in [9.17, 15) is 14.7 Å². The molecule has 0 amide bonds. The number of para-hydroxylation sites is 1. The van der Waals surface area contributed by atoms with Crippen LogP contribution < -0.4 is 9.79 Å². The Morgan fingerprint density at radius 2 is 1.93 bits per heavy atom. The lowest BCUT2D eigenvalue weighted by Gasteiger charge is -2.05. The van der Waals surface area contributed by atoms with Gasteiger partial charge in [0.15, 0.2) is 5.95 Å². The van der Waals surface area contributed by atoms with Gasteiger partial charge in [0.1, 0.15) is 5.69 Å². The van der Waals surface area contributed by atoms with E-state index in [1.54, 1.807) is 66.8 Å². The third-order valence-corrected chi connectivity index (χ3v) is 4.54. The Kier molecular flexibility index (Phi) is 4.59. The van der Waals surface area contributed by atoms with Crippen LogP contribution in [0.2, 0.25) is 0 Å². The molecule has 0 spiro atoms. The summed E-state index contributed by atoms with van der Waals surface area (Å²) < 4.78 is 12.7. The van der Waals surface area contributed by atoms with Gasteiger partial charge in [-0.05, 0) is 36.7 Å². The highest BCUT2D eigenvalue weighted by atomic mass is 16.6. The lowest BCUT2D eigenvalue weighted by Crippen LogP contribution is -2.39. The van der Waals surface area contributed by atoms with Crippen molar-refractivity contribution in [2.45, 2.75) is 13.8 Å². The van der Waals surface area contributed by atoms with Crippen molar-refractivity contribution in [3.63, 3.8) is 0 Å². The van der Waals surface area contributed by atoms with Crippen molar-refractivity contribution in [3.8, 4) is 11.6 Å². The van der Waals surface area contributed by atoms with Gasteiger partial charge in [0, 0.05) is 17.8 Å². The van der Waals surface area contributed by atoms with Gasteiger partial charge in [-0.1, -0.05) is 24.3 Å². The average molecular weight is 391 g/mol. The quantitative estimate of drug-likeness (QED) is 0.293. The van der Waals surface area contributed by atoms with E-state index < -0.39 is 17.7 Å². The molecule has 0 N–H and O–H groups in total. The van der Waals surface area contributed by atoms with Crippen LogP contribution in [0.5, 0.6) is 5.95 Å². The van der Waals surface area contributed by atoms with Crippen LogP contribution in [0.3, 0.4) is 0 Å². The van der Waals surface area contributed by atoms with Gasteiger partial charge >= 0.3 is 11.7 Å². The predicted molar refractivity (Wildman–Crippen MR) is 99.0 cm³/mol. The number of fused-ring (bicyclic) bond motifs is 1. The third kappa shape index (κ3) is 3.04. The number of ether oxygens (including phenoxy) is 1. The number of nitrogens with zero attached hydrogens (tertiary/aromatic N) is 3. The molecule has 8 nitrogen and oxygen atoms in total. The SMILES string of the molecule is CCOC(=O)c1cc(C(=O)c2c([O-])on[n+]2-c2ccccc2)n2c(C)cccc12. The maximum Gasteiger partial charge on any atom is 0.340 e. The van der Waals surface area contributed by atoms with Crippen molar-refractivity contribution in [1.82, 2.24) is 9.67 Å². The van der Waals surface area contributed by atoms with Crippen LogP contribution in [0.25, 0.3) is 11.2 Å². The van der Waals surface area contributed by atoms with Crippen molar-refractivity contribution in [3.05, 3.63) is 77.2 Å². The van der Waals surface area contributed by atoms with Crippen molar-refractivity contribution in [2.75, 3.05) is 6.61 Å². The maximum absolute atomic E-state index is 13.4. The van der Waals surface area contributed by atoms with E-state index in [0.717, 1.165) is 10.4 Å². The summed E-state index contributed by atoms with van der Waals surface area (Å²) in [5.41, 5.74) is 1.87. The van der Waals surface area contributed by atoms with Gasteiger partial charge in [0.2, 0.25) is 5.69 Å². The Labute approximate surface area is 165 Å². The van der Waals surface area contributed by atoms with Gasteiger partial charge in [-0.15, -0.1) is 0 Å². The topological polar surface area (TPSA) is 101 Å². The van der Waals surface area contributed by atoms with Gasteiger partial charge in [-0.2, -0.15) is 0 Å². The molecule has 0 radical (unpaired) electrons. The molecule has 8 heteroatoms. The van der Waals surface area contributed by atoms with Crippen molar-refractivity contribution in [2.24, 2.45) is 0 Å². The predicted octanol–water partition coefficient (Wildman–Crippen LogP) is 1.99. The molecule has 4 aromatic rings. The first-order valence-electron chi connectivity index (χ1n) is 9.00. The zero-order valence-electron chi connectivity index (χ0n) is 15.8. The molecule has 0 atom stereocenters. The Balaban J connectivity index is 1.92. The molecule has 0 bridgehead atoms. The number of benzene rings is 1. The van der Waals surface area contributed by atoms with Crippen LogP contribution >= 0.6 is 0 Å². The summed E-state index contributed by atoms with van der Waals surface area (Å²) in [6, 6.07) is 15.4. The molecule has 3 aromatic heterocycles. The molecule has 29 heavy (non-hydrogen) atoms. The molecule has 146 valence electrons. The summed E-state index contributed by atoms with van der Waals surface area (Å²) >= 11 is 0. The van der Waals surface area contributed by atoms with E-state index in [2.05, 4.69) is 5.27 Å². The fourth-order valence-electron chi connectivity index (χ4n) is 3.27. The normalized spacial score (nSPS) is 11.0. The van der Waals surface area contributed by atoms with Gasteiger partial charge in [0.05, 0.1) is 23.0 Å². The molecule has 4 rings (SSSR count). The molecule has 0 unspecified atom stereocenters. The van der Waals surface area contributed by atoms with Crippen molar-refractivity contribution in [1.29, 1.82) is 0 Å². The number of carbonyl (C=O) groups is 2. The van der Waals surface area contributed by atoms with Crippen LogP contribution in [-0.4, -0.2) is 28.0 Å². The monoisotopic (exact) mass is 391 g/mol. The van der Waals surface area contributed by atoms with Crippen molar-refractivity contribution >= 4 is 17.3 Å². The van der Waals surface area contributed by atoms with E-state index in [1.807, 2.05) is 0 Å². The number of hydrogen-bond donors (Lipinski definition) is 0. The first kappa shape index (κ1) is 18.4. The number of esters is 1. The number of aryl methyl sites for hydroxylation is 1. The minimum absolute atomic E-state index is 0.145. The Bertz CT molecular complexity index is 1220. The highest BCUT2D eigenvalue weighted by Crippen LogP contribution is 2.24. The van der Waals surface area contributed by atoms with Crippen LogP contribution in [0.4, 0.5) is 0 Å². The second-order valence-electron chi connectivity index (χ2n) is 6.34. The van der Waals surface area contributed by atoms with E-state index in [1.165, 1.54) is 6.07 Å². The fourth-order valence-corrected chi connectivity index (χ4v) is 3.27. The highest BCUT2D eigenvalue weighted by molar-refractivity contribution is 6.10. The van der Waals surface area contributed by atoms with Gasteiger partial charge < -0.3 is 18.8 Å². The first-order valence-corrected chi connectivity index (χ1v) is 9.00. The standard InChI is InChI=1S/C21H17N3O5/c1-3-28-20(26)15-12-17(23-13(2)8-7-11-16(15)23)19(25)18-21(27)29-22-24(18)14-9-5-4-6-10-14/h4-12H,3H2,1-2H3. The summed E-state index contributed by atoms with van der Waals surface area (Å²) in [7, 11) is 0. The molecular formula is C21H17N3O5. The van der Waals surface area contributed by atoms with Crippen LogP contribution in [0, 0.1) is 6.92 Å². The van der Waals surface area contributed by atoms with Crippen LogP contribution in [0.15, 0.2) is 59.1 Å². The Morgan fingerprint density at radius 1 is 1.17 bits per heavy atom. The van der Waals surface area contributed by atoms with E-state index >= 15 is 0 Å². The second-order valence-corrected chi connectivity index (χ2v) is 6.34. The number of pyridine rings is 1. The number of rotatable bonds is 5. The number of carbonyl (C=O) groups excluding carboxylic acids is 2. The lowest BCUT2D eigenvalue weighted by atomic mass is 10.2. The molecule has 0 fully saturated rings. The summed E-state index contributed by atoms with van der Waals surface area (Å²) in [4.78, 5) is 25.8. The number of aromatic nitrogens is 3. The summed E-state index contributed by atoms with van der Waals surface area (Å²) in [5, 5.41) is 16.0. The molecule has 0 aliphatic rings. The second kappa shape index (κ2) is 7.23. The zero-order chi connectivity index (χ0) is 20.5. The van der Waals surface area contributed by atoms with Gasteiger partial charge in [0.25, 0.3) is 5.78 Å². The van der Waals surface area contributed by atoms with Gasteiger partial charge in [-0.3, -0.25) is 4.79 Å². The van der Waals surface area contributed by atoms with E-state index in [-0.39, 0.29) is 23.6 Å². The number of ketones is 1. The van der Waals surface area contributed by atoms with Crippen molar-refractivity contribution < 1.29 is 28.6 Å². The molecule has 0 aliphatic heterocycles. The molecule has 3 heterocycles. The molecule has 0 saturated heterocycles. The summed E-state index contributed by atoms with van der Waals surface area (Å²) in [6.07, 6.45) is 0. The van der Waals surface area contributed by atoms with E-state index in [0.29, 0.717) is 11.2 Å². The van der Waals surface area contributed by atoms with Crippen LogP contribution in [-0.2, 0) is 4.74 Å². The van der Waals surface area contributed by atoms with E-state index in [4.69, 9.17) is 9.26 Å². The Hall–Kier alpha value is -3.94. The highest BCUT2D eigenvalue weighted by Gasteiger charge is 2.32. The smallest absolute Gasteiger partial charge is 0.340 e. The molecule has 0 aliphatic carbocycles. The molecule has 1 aromatic carbocycles. The summed E-state index contributed by atoms with van der Waals surface area (Å²) in [5.74, 6) is -2.02. The number of hydrogen-bond acceptors (Lipinski definition) is 6. The summed E-state index contributed by atoms with van der Waals surface area (Å²) in [6.45, 7) is 3.71. The van der Waals surface area contributed by atoms with Crippen LogP contribution in [0.1, 0.15) is 39.2 Å². The molecule has 0 saturated carbocycles. The zero-order valence-corrected chi connectivity index (χ0v) is 15.8. The Morgan fingerprint density at radius 3 is 2.66 bits per heavy atom. The fraction of sp³-hybridized carbons (Fsp3) is 0.143. The first-order chi connectivity index (χ1) is 14.0. The lowest BCUT2D eigenvalue weighted by molar-refractivity contribution is -0.672. The largest absolute Gasteiger partial charge is 0.539 e. The maximum atomic E-state index is 13.4. The minimum atomic E-state index is -0.861. The average Bonchev–Trinajstić information content (AvgIpc) is 3.30. The third-order valence-electron chi connectivity index (χ3n) is 4.54.